The van der Waals surface area contributed by atoms with E-state index in [2.05, 4.69) is 32.4 Å². The third-order valence-corrected chi connectivity index (χ3v) is 7.01. The first-order valence-corrected chi connectivity index (χ1v) is 12.4. The minimum absolute atomic E-state index is 0.0617. The number of anilines is 2. The number of carbonyl (C=O) groups excluding carboxylic acids is 2. The normalized spacial score (nSPS) is 10.9. The van der Waals surface area contributed by atoms with Crippen molar-refractivity contribution in [3.8, 4) is 0 Å². The number of aryl methyl sites for hydroxylation is 2. The van der Waals surface area contributed by atoms with Gasteiger partial charge in [0.25, 0.3) is 0 Å². The van der Waals surface area contributed by atoms with Gasteiger partial charge >= 0.3 is 0 Å². The number of benzene rings is 2. The number of hydrogen-bond donors (Lipinski definition) is 2. The summed E-state index contributed by atoms with van der Waals surface area (Å²) in [5.74, 6) is 0.271. The molecule has 2 aromatic heterocycles. The van der Waals surface area contributed by atoms with E-state index in [-0.39, 0.29) is 24.0 Å². The van der Waals surface area contributed by atoms with Gasteiger partial charge in [-0.2, -0.15) is 0 Å². The van der Waals surface area contributed by atoms with Crippen LogP contribution in [-0.2, 0) is 22.6 Å². The van der Waals surface area contributed by atoms with Crippen molar-refractivity contribution in [2.24, 2.45) is 0 Å². The van der Waals surface area contributed by atoms with Crippen LogP contribution in [0.3, 0.4) is 0 Å². The van der Waals surface area contributed by atoms with Crippen LogP contribution in [0, 0.1) is 13.8 Å². The van der Waals surface area contributed by atoms with Crippen molar-refractivity contribution in [3.05, 3.63) is 72.1 Å². The predicted molar refractivity (Wildman–Crippen MR) is 137 cm³/mol. The smallest absolute Gasteiger partial charge is 0.236 e. The number of nitrogens with zero attached hydrogens (tertiary/aromatic N) is 4. The highest BCUT2D eigenvalue weighted by Gasteiger charge is 2.17. The molecule has 0 bridgehead atoms. The van der Waals surface area contributed by atoms with Crippen molar-refractivity contribution < 1.29 is 9.59 Å². The van der Waals surface area contributed by atoms with E-state index < -0.39 is 0 Å². The quantitative estimate of drug-likeness (QED) is 0.261. The summed E-state index contributed by atoms with van der Waals surface area (Å²) in [5, 5.41) is 15.2. The average Bonchev–Trinajstić information content (AvgIpc) is 3.38. The van der Waals surface area contributed by atoms with Crippen LogP contribution in [-0.4, -0.2) is 37.3 Å². The Morgan fingerprint density at radius 2 is 1.91 bits per heavy atom. The van der Waals surface area contributed by atoms with Gasteiger partial charge in [-0.1, -0.05) is 47.4 Å². The Morgan fingerprint density at radius 3 is 2.68 bits per heavy atom. The molecule has 34 heavy (non-hydrogen) atoms. The Kier molecular flexibility index (Phi) is 7.39. The number of allylic oxidation sites excluding steroid dienone is 1. The van der Waals surface area contributed by atoms with Gasteiger partial charge in [-0.3, -0.25) is 9.59 Å². The molecule has 0 radical (unpaired) electrons. The van der Waals surface area contributed by atoms with Gasteiger partial charge in [-0.25, -0.2) is 4.98 Å². The van der Waals surface area contributed by atoms with Crippen molar-refractivity contribution in [2.75, 3.05) is 16.4 Å². The van der Waals surface area contributed by atoms with Gasteiger partial charge in [0.05, 0.1) is 22.4 Å². The Balaban J connectivity index is 1.37. The summed E-state index contributed by atoms with van der Waals surface area (Å²) in [6, 6.07) is 13.5. The zero-order chi connectivity index (χ0) is 24.1. The molecule has 0 aliphatic rings. The molecular formula is C24H24N6O2S2. The lowest BCUT2D eigenvalue weighted by atomic mass is 10.1. The Hall–Kier alpha value is -3.50. The molecule has 174 valence electrons. The van der Waals surface area contributed by atoms with Crippen molar-refractivity contribution in [1.29, 1.82) is 0 Å². The van der Waals surface area contributed by atoms with Gasteiger partial charge in [0.2, 0.25) is 11.8 Å². The number of rotatable bonds is 9. The summed E-state index contributed by atoms with van der Waals surface area (Å²) in [6.07, 6.45) is 1.77. The van der Waals surface area contributed by atoms with Gasteiger partial charge in [-0.05, 0) is 49.2 Å². The molecule has 4 rings (SSSR count). The largest absolute Gasteiger partial charge is 0.326 e. The topological polar surface area (TPSA) is 102 Å². The maximum atomic E-state index is 12.6. The fourth-order valence-electron chi connectivity index (χ4n) is 3.25. The van der Waals surface area contributed by atoms with Gasteiger partial charge in [-0.15, -0.1) is 16.8 Å². The van der Waals surface area contributed by atoms with Gasteiger partial charge in [0, 0.05) is 12.2 Å². The fraction of sp³-hybridized carbons (Fsp3) is 0.208. The third-order valence-electron chi connectivity index (χ3n) is 5.09. The molecule has 0 fully saturated rings. The van der Waals surface area contributed by atoms with Crippen LogP contribution >= 0.6 is 23.1 Å². The number of nitrogens with one attached hydrogen (secondary N) is 2. The highest BCUT2D eigenvalue weighted by Crippen LogP contribution is 2.26. The lowest BCUT2D eigenvalue weighted by molar-refractivity contribution is -0.116. The number of aromatic nitrogens is 4. The number of thioether (sulfide) groups is 1. The second-order valence-corrected chi connectivity index (χ2v) is 9.62. The van der Waals surface area contributed by atoms with E-state index in [0.717, 1.165) is 27.0 Å². The van der Waals surface area contributed by atoms with Gasteiger partial charge in [0.15, 0.2) is 10.3 Å². The van der Waals surface area contributed by atoms with Crippen LogP contribution in [0.15, 0.2) is 60.3 Å². The van der Waals surface area contributed by atoms with Crippen molar-refractivity contribution >= 4 is 55.9 Å². The number of hydrogen-bond acceptors (Lipinski definition) is 7. The molecule has 0 atom stereocenters. The lowest BCUT2D eigenvalue weighted by Gasteiger charge is -2.09. The molecule has 8 nitrogen and oxygen atoms in total. The number of thiazole rings is 1. The minimum atomic E-state index is -0.189. The van der Waals surface area contributed by atoms with Crippen LogP contribution in [0.5, 0.6) is 0 Å². The van der Waals surface area contributed by atoms with E-state index in [4.69, 9.17) is 0 Å². The predicted octanol–water partition coefficient (Wildman–Crippen LogP) is 4.60. The molecule has 2 aromatic carbocycles. The molecule has 2 amide bonds. The third kappa shape index (κ3) is 5.70. The van der Waals surface area contributed by atoms with E-state index in [1.54, 1.807) is 10.6 Å². The summed E-state index contributed by atoms with van der Waals surface area (Å²) in [7, 11) is 0. The highest BCUT2D eigenvalue weighted by molar-refractivity contribution is 7.99. The Bertz CT molecular complexity index is 1330. The molecule has 0 saturated carbocycles. The standard InChI is InChI=1S/C24H24N6O2S2/c1-4-11-30-20(13-21(31)25-17-10-9-15(2)16(3)12-17)28-29-24(30)33-14-22(32)27-23-26-18-7-5-6-8-19(18)34-23/h4-10,12H,1,11,13-14H2,2-3H3,(H,25,31)(H,26,27,32). The van der Waals surface area contributed by atoms with Crippen molar-refractivity contribution in [2.45, 2.75) is 32.0 Å². The monoisotopic (exact) mass is 492 g/mol. The summed E-state index contributed by atoms with van der Waals surface area (Å²) in [5.41, 5.74) is 3.86. The summed E-state index contributed by atoms with van der Waals surface area (Å²) >= 11 is 2.68. The highest BCUT2D eigenvalue weighted by atomic mass is 32.2. The van der Waals surface area contributed by atoms with Gasteiger partial charge in [0.1, 0.15) is 5.82 Å². The van der Waals surface area contributed by atoms with E-state index >= 15 is 0 Å². The van der Waals surface area contributed by atoms with E-state index in [1.807, 2.05) is 56.3 Å². The number of fused-ring (bicyclic) bond motifs is 1. The van der Waals surface area contributed by atoms with Crippen LogP contribution in [0.1, 0.15) is 17.0 Å². The minimum Gasteiger partial charge on any atom is -0.326 e. The number of para-hydroxylation sites is 1. The number of carbonyl (C=O) groups is 2. The van der Waals surface area contributed by atoms with Gasteiger partial charge < -0.3 is 15.2 Å². The first-order valence-electron chi connectivity index (χ1n) is 10.6. The Labute approximate surface area is 205 Å². The fourth-order valence-corrected chi connectivity index (χ4v) is 4.90. The summed E-state index contributed by atoms with van der Waals surface area (Å²) in [4.78, 5) is 29.5. The molecular weight excluding hydrogens is 468 g/mol. The molecule has 0 aliphatic heterocycles. The first-order chi connectivity index (χ1) is 16.4. The van der Waals surface area contributed by atoms with E-state index in [1.165, 1.54) is 23.1 Å². The molecule has 0 unspecified atom stereocenters. The maximum absolute atomic E-state index is 12.6. The lowest BCUT2D eigenvalue weighted by Crippen LogP contribution is -2.18. The maximum Gasteiger partial charge on any atom is 0.236 e. The van der Waals surface area contributed by atoms with Crippen LogP contribution in [0.4, 0.5) is 10.8 Å². The zero-order valence-corrected chi connectivity index (χ0v) is 20.5. The molecule has 4 aromatic rings. The SMILES string of the molecule is C=CCn1c(CC(=O)Nc2ccc(C)c(C)c2)nnc1SCC(=O)Nc1nc2ccccc2s1. The molecule has 0 aliphatic carbocycles. The van der Waals surface area contributed by atoms with Crippen LogP contribution < -0.4 is 10.6 Å². The zero-order valence-electron chi connectivity index (χ0n) is 18.9. The molecule has 0 spiro atoms. The second-order valence-electron chi connectivity index (χ2n) is 7.65. The molecule has 0 saturated heterocycles. The summed E-state index contributed by atoms with van der Waals surface area (Å²) in [6.45, 7) is 8.24. The average molecular weight is 493 g/mol. The summed E-state index contributed by atoms with van der Waals surface area (Å²) < 4.78 is 2.81. The number of amides is 2. The molecule has 2 N–H and O–H groups in total. The van der Waals surface area contributed by atoms with Crippen molar-refractivity contribution in [1.82, 2.24) is 19.7 Å². The van der Waals surface area contributed by atoms with Crippen LogP contribution in [0.25, 0.3) is 10.2 Å². The van der Waals surface area contributed by atoms with Crippen molar-refractivity contribution in [3.63, 3.8) is 0 Å². The molecule has 10 heteroatoms. The van der Waals surface area contributed by atoms with E-state index in [0.29, 0.717) is 22.7 Å². The first kappa shape index (κ1) is 23.7. The molecule has 2 heterocycles. The second kappa shape index (κ2) is 10.6. The Morgan fingerprint density at radius 1 is 1.09 bits per heavy atom. The van der Waals surface area contributed by atoms with E-state index in [9.17, 15) is 9.59 Å². The van der Waals surface area contributed by atoms with Crippen LogP contribution in [0.2, 0.25) is 0 Å².